The first-order valence-corrected chi connectivity index (χ1v) is 5.93. The molecule has 0 heterocycles. The van der Waals surface area contributed by atoms with Crippen LogP contribution in [0.3, 0.4) is 0 Å². The fourth-order valence-corrected chi connectivity index (χ4v) is 1.64. The summed E-state index contributed by atoms with van der Waals surface area (Å²) < 4.78 is 14.6. The van der Waals surface area contributed by atoms with Crippen LogP contribution in [0.4, 0.5) is 0 Å². The minimum Gasteiger partial charge on any atom is -0.396 e. The van der Waals surface area contributed by atoms with Gasteiger partial charge in [-0.05, 0) is 6.42 Å². The van der Waals surface area contributed by atoms with E-state index in [1.54, 1.807) is 0 Å². The molecule has 0 aliphatic carbocycles. The fourth-order valence-electron chi connectivity index (χ4n) is 0.793. The van der Waals surface area contributed by atoms with Crippen LogP contribution in [0.25, 0.3) is 0 Å². The van der Waals surface area contributed by atoms with Gasteiger partial charge in [-0.15, -0.1) is 11.6 Å². The molecule has 0 saturated carbocycles. The summed E-state index contributed by atoms with van der Waals surface area (Å²) in [6.07, 6.45) is 0.210. The molecule has 0 unspecified atom stereocenters. The van der Waals surface area contributed by atoms with Crippen molar-refractivity contribution in [3.63, 3.8) is 0 Å². The summed E-state index contributed by atoms with van der Waals surface area (Å²) in [5.74, 6) is 0.158. The van der Waals surface area contributed by atoms with Crippen LogP contribution in [0.1, 0.15) is 6.42 Å². The monoisotopic (exact) mass is 248 g/mol. The number of aliphatic hydroxyl groups excluding tert-OH is 2. The van der Waals surface area contributed by atoms with Crippen molar-refractivity contribution < 1.29 is 29.1 Å². The third-order valence-electron chi connectivity index (χ3n) is 1.83. The summed E-state index contributed by atoms with van der Waals surface area (Å²) in [6.45, 7) is -1.33. The van der Waals surface area contributed by atoms with Crippen molar-refractivity contribution in [3.8, 4) is 0 Å². The van der Waals surface area contributed by atoms with E-state index in [4.69, 9.17) is 31.6 Å². The minimum atomic E-state index is -4.58. The zero-order valence-corrected chi connectivity index (χ0v) is 9.12. The van der Waals surface area contributed by atoms with Gasteiger partial charge in [-0.25, -0.2) is 4.57 Å². The fraction of sp³-hybridized carbons (Fsp3) is 1.00. The van der Waals surface area contributed by atoms with Gasteiger partial charge in [0.1, 0.15) is 0 Å². The lowest BCUT2D eigenvalue weighted by atomic mass is 9.88. The van der Waals surface area contributed by atoms with Crippen LogP contribution >= 0.6 is 19.4 Å². The number of alkyl halides is 1. The lowest BCUT2D eigenvalue weighted by molar-refractivity contribution is 0.00326. The molecule has 0 spiro atoms. The van der Waals surface area contributed by atoms with Crippen LogP contribution in [0.15, 0.2) is 0 Å². The molecule has 0 aliphatic rings. The Morgan fingerprint density at radius 1 is 1.29 bits per heavy atom. The molecule has 0 fully saturated rings. The molecule has 0 atom stereocenters. The Hall–Kier alpha value is 0.320. The molecular formula is C6H14ClO6P. The van der Waals surface area contributed by atoms with E-state index in [0.717, 1.165) is 0 Å². The average Bonchev–Trinajstić information content (AvgIpc) is 2.11. The molecule has 0 aromatic rings. The largest absolute Gasteiger partial charge is 0.469 e. The highest BCUT2D eigenvalue weighted by molar-refractivity contribution is 7.46. The molecule has 0 aromatic carbocycles. The van der Waals surface area contributed by atoms with E-state index in [0.29, 0.717) is 0 Å². The van der Waals surface area contributed by atoms with Crippen molar-refractivity contribution in [2.75, 3.05) is 25.7 Å². The van der Waals surface area contributed by atoms with Gasteiger partial charge in [-0.3, -0.25) is 4.52 Å². The Morgan fingerprint density at radius 2 is 1.79 bits per heavy atom. The van der Waals surface area contributed by atoms with Gasteiger partial charge >= 0.3 is 7.82 Å². The zero-order chi connectivity index (χ0) is 11.2. The molecule has 4 N–H and O–H groups in total. The maximum Gasteiger partial charge on any atom is 0.469 e. The number of phosphoric ester groups is 1. The van der Waals surface area contributed by atoms with E-state index in [9.17, 15) is 4.57 Å². The highest BCUT2D eigenvalue weighted by Crippen LogP contribution is 2.38. The third kappa shape index (κ3) is 5.26. The predicted molar refractivity (Wildman–Crippen MR) is 49.9 cm³/mol. The van der Waals surface area contributed by atoms with Crippen LogP contribution in [-0.4, -0.2) is 45.7 Å². The highest BCUT2D eigenvalue weighted by atomic mass is 35.5. The Kier molecular flexibility index (Phi) is 6.16. The van der Waals surface area contributed by atoms with E-state index in [1.807, 2.05) is 0 Å². The van der Waals surface area contributed by atoms with Gasteiger partial charge in [-0.2, -0.15) is 0 Å². The molecular weight excluding hydrogens is 234 g/mol. The highest BCUT2D eigenvalue weighted by Gasteiger charge is 2.31. The summed E-state index contributed by atoms with van der Waals surface area (Å²) in [4.78, 5) is 16.9. The van der Waals surface area contributed by atoms with E-state index in [-0.39, 0.29) is 12.3 Å². The van der Waals surface area contributed by atoms with E-state index >= 15 is 0 Å². The molecule has 0 radical (unpaired) electrons. The molecule has 0 bridgehead atoms. The van der Waals surface area contributed by atoms with E-state index in [1.165, 1.54) is 0 Å². The first-order chi connectivity index (χ1) is 6.39. The standard InChI is InChI=1S/C6H14ClO6P/c7-2-1-6(3-8,4-9)5-13-14(10,11)12/h8-9H,1-5H2,(H2,10,11,12). The lowest BCUT2D eigenvalue weighted by Crippen LogP contribution is -2.35. The van der Waals surface area contributed by atoms with Crippen molar-refractivity contribution in [1.82, 2.24) is 0 Å². The molecule has 0 rings (SSSR count). The van der Waals surface area contributed by atoms with Crippen LogP contribution < -0.4 is 0 Å². The van der Waals surface area contributed by atoms with E-state index in [2.05, 4.69) is 4.52 Å². The van der Waals surface area contributed by atoms with Crippen molar-refractivity contribution in [1.29, 1.82) is 0 Å². The van der Waals surface area contributed by atoms with E-state index < -0.39 is 33.1 Å². The number of rotatable bonds is 7. The number of phosphoric acid groups is 1. The Balaban J connectivity index is 4.28. The summed E-state index contributed by atoms with van der Waals surface area (Å²) in [5.41, 5.74) is -1.09. The van der Waals surface area contributed by atoms with Gasteiger partial charge in [0.05, 0.1) is 19.8 Å². The second-order valence-electron chi connectivity index (χ2n) is 3.02. The number of hydrogen-bond donors (Lipinski definition) is 4. The number of aliphatic hydroxyl groups is 2. The van der Waals surface area contributed by atoms with Crippen LogP contribution in [0.2, 0.25) is 0 Å². The SMILES string of the molecule is O=P(O)(O)OCC(CO)(CO)CCCl. The Bertz CT molecular complexity index is 200. The van der Waals surface area contributed by atoms with Crippen LogP contribution in [0, 0.1) is 5.41 Å². The minimum absolute atomic E-state index is 0.158. The smallest absolute Gasteiger partial charge is 0.396 e. The molecule has 14 heavy (non-hydrogen) atoms. The second-order valence-corrected chi connectivity index (χ2v) is 4.64. The molecule has 86 valence electrons. The molecule has 0 saturated heterocycles. The first-order valence-electron chi connectivity index (χ1n) is 3.87. The second kappa shape index (κ2) is 6.02. The van der Waals surface area contributed by atoms with Gasteiger partial charge < -0.3 is 20.0 Å². The lowest BCUT2D eigenvalue weighted by Gasteiger charge is -2.28. The average molecular weight is 249 g/mol. The van der Waals surface area contributed by atoms with Crippen molar-refractivity contribution in [3.05, 3.63) is 0 Å². The molecule has 0 amide bonds. The van der Waals surface area contributed by atoms with Crippen LogP contribution in [-0.2, 0) is 9.09 Å². The number of hydrogen-bond acceptors (Lipinski definition) is 4. The normalized spacial score (nSPS) is 13.2. The van der Waals surface area contributed by atoms with Crippen molar-refractivity contribution >= 4 is 19.4 Å². The maximum atomic E-state index is 10.4. The topological polar surface area (TPSA) is 107 Å². The first kappa shape index (κ1) is 14.3. The molecule has 6 nitrogen and oxygen atoms in total. The molecule has 0 aliphatic heterocycles. The zero-order valence-electron chi connectivity index (χ0n) is 7.47. The van der Waals surface area contributed by atoms with Gasteiger partial charge in [0.25, 0.3) is 0 Å². The summed E-state index contributed by atoms with van der Waals surface area (Å²) >= 11 is 5.42. The van der Waals surface area contributed by atoms with Crippen LogP contribution in [0.5, 0.6) is 0 Å². The summed E-state index contributed by atoms with van der Waals surface area (Å²) in [6, 6.07) is 0. The molecule has 0 aromatic heterocycles. The van der Waals surface area contributed by atoms with Gasteiger partial charge in [0.15, 0.2) is 0 Å². The summed E-state index contributed by atoms with van der Waals surface area (Å²) in [5, 5.41) is 17.9. The molecule has 8 heteroatoms. The third-order valence-corrected chi connectivity index (χ3v) is 2.49. The summed E-state index contributed by atoms with van der Waals surface area (Å²) in [7, 11) is -4.58. The number of halogens is 1. The maximum absolute atomic E-state index is 10.4. The Labute approximate surface area is 86.7 Å². The van der Waals surface area contributed by atoms with Crippen molar-refractivity contribution in [2.45, 2.75) is 6.42 Å². The van der Waals surface area contributed by atoms with Crippen molar-refractivity contribution in [2.24, 2.45) is 5.41 Å². The quantitative estimate of drug-likeness (QED) is 0.364. The van der Waals surface area contributed by atoms with Gasteiger partial charge in [-0.1, -0.05) is 0 Å². The Morgan fingerprint density at radius 3 is 2.07 bits per heavy atom. The predicted octanol–water partition coefficient (Wildman–Crippen LogP) is -0.304. The van der Waals surface area contributed by atoms with Gasteiger partial charge in [0, 0.05) is 11.3 Å². The van der Waals surface area contributed by atoms with Gasteiger partial charge in [0.2, 0.25) is 0 Å².